The van der Waals surface area contributed by atoms with E-state index in [2.05, 4.69) is 28.3 Å². The van der Waals surface area contributed by atoms with Gasteiger partial charge in [-0.1, -0.05) is 0 Å². The minimum atomic E-state index is -3.37. The Morgan fingerprint density at radius 2 is 2.24 bits per heavy atom. The van der Waals surface area contributed by atoms with Crippen LogP contribution in [0.4, 0.5) is 0 Å². The Labute approximate surface area is 153 Å². The lowest BCUT2D eigenvalue weighted by molar-refractivity contribution is 0.0934. The molecule has 1 fully saturated rings. The highest BCUT2D eigenvalue weighted by Crippen LogP contribution is 2.21. The highest BCUT2D eigenvalue weighted by molar-refractivity contribution is 7.90. The van der Waals surface area contributed by atoms with Crippen molar-refractivity contribution in [2.24, 2.45) is 0 Å². The predicted octanol–water partition coefficient (Wildman–Crippen LogP) is 2.47. The molecule has 6 nitrogen and oxygen atoms in total. The quantitative estimate of drug-likeness (QED) is 0.735. The lowest BCUT2D eigenvalue weighted by Gasteiger charge is -2.20. The molecule has 0 aliphatic carbocycles. The number of imidazole rings is 1. The van der Waals surface area contributed by atoms with Gasteiger partial charge >= 0.3 is 0 Å². The van der Waals surface area contributed by atoms with E-state index in [9.17, 15) is 8.42 Å². The number of hydrogen-bond acceptors (Lipinski definition) is 6. The van der Waals surface area contributed by atoms with Gasteiger partial charge in [0.05, 0.1) is 24.5 Å². The first kappa shape index (κ1) is 18.6. The molecule has 25 heavy (non-hydrogen) atoms. The molecule has 0 saturated carbocycles. The lowest BCUT2D eigenvalue weighted by atomic mass is 10.2. The van der Waals surface area contributed by atoms with Crippen LogP contribution in [0, 0.1) is 6.92 Å². The smallest absolute Gasteiger partial charge is 0.227 e. The van der Waals surface area contributed by atoms with Crippen molar-refractivity contribution in [1.29, 1.82) is 0 Å². The zero-order chi connectivity index (χ0) is 18.0. The van der Waals surface area contributed by atoms with Crippen LogP contribution in [0.3, 0.4) is 0 Å². The van der Waals surface area contributed by atoms with E-state index in [1.54, 1.807) is 17.5 Å². The van der Waals surface area contributed by atoms with Crippen molar-refractivity contribution in [3.8, 4) is 0 Å². The van der Waals surface area contributed by atoms with Gasteiger partial charge in [-0.05, 0) is 43.8 Å². The van der Waals surface area contributed by atoms with Crippen molar-refractivity contribution < 1.29 is 13.2 Å². The number of ether oxygens (including phenoxy) is 1. The maximum Gasteiger partial charge on any atom is 0.227 e. The van der Waals surface area contributed by atoms with Crippen LogP contribution in [0.1, 0.15) is 29.0 Å². The average Bonchev–Trinajstić information content (AvgIpc) is 3.23. The maximum atomic E-state index is 12.1. The molecule has 0 bridgehead atoms. The summed E-state index contributed by atoms with van der Waals surface area (Å²) in [4.78, 5) is 7.71. The van der Waals surface area contributed by atoms with Crippen molar-refractivity contribution in [3.05, 3.63) is 33.8 Å². The van der Waals surface area contributed by atoms with Gasteiger partial charge in [-0.25, -0.2) is 13.4 Å². The first-order valence-electron chi connectivity index (χ1n) is 8.42. The van der Waals surface area contributed by atoms with Crippen LogP contribution in [-0.2, 0) is 34.2 Å². The van der Waals surface area contributed by atoms with E-state index in [0.29, 0.717) is 13.1 Å². The second-order valence-electron chi connectivity index (χ2n) is 6.75. The van der Waals surface area contributed by atoms with Gasteiger partial charge in [-0.15, -0.1) is 11.3 Å². The van der Waals surface area contributed by atoms with E-state index in [-0.39, 0.29) is 11.3 Å². The molecule has 138 valence electrons. The van der Waals surface area contributed by atoms with E-state index >= 15 is 0 Å². The summed E-state index contributed by atoms with van der Waals surface area (Å²) in [7, 11) is -1.32. The molecular weight excluding hydrogens is 358 g/mol. The summed E-state index contributed by atoms with van der Waals surface area (Å²) >= 11 is 1.75. The lowest BCUT2D eigenvalue weighted by Crippen LogP contribution is -2.24. The summed E-state index contributed by atoms with van der Waals surface area (Å²) in [6, 6.07) is 2.12. The second kappa shape index (κ2) is 7.57. The Kier molecular flexibility index (Phi) is 5.62. The summed E-state index contributed by atoms with van der Waals surface area (Å²) in [6.07, 6.45) is 4.96. The van der Waals surface area contributed by atoms with Gasteiger partial charge in [0.2, 0.25) is 15.0 Å². The Hall–Kier alpha value is -1.22. The summed E-state index contributed by atoms with van der Waals surface area (Å²) in [5.41, 5.74) is 2.20. The van der Waals surface area contributed by atoms with Crippen LogP contribution < -0.4 is 0 Å². The first-order chi connectivity index (χ1) is 11.8. The molecule has 0 aromatic carbocycles. The molecule has 3 heterocycles. The first-order valence-corrected chi connectivity index (χ1v) is 11.2. The molecule has 0 amide bonds. The largest absolute Gasteiger partial charge is 0.376 e. The van der Waals surface area contributed by atoms with Crippen LogP contribution in [0.15, 0.2) is 22.8 Å². The second-order valence-corrected chi connectivity index (χ2v) is 9.66. The number of aromatic nitrogens is 2. The fourth-order valence-electron chi connectivity index (χ4n) is 3.15. The molecule has 3 rings (SSSR count). The Morgan fingerprint density at radius 3 is 2.84 bits per heavy atom. The standard InChI is InChI=1S/C17H25N3O3S2/c1-13-6-8-24-16(13)12-19(2)10-14-9-18-17(25(3,21)22)20(14)11-15-5-4-7-23-15/h6,8-9,15H,4-5,7,10-12H2,1-3H3/t15-/m0/s1. The molecule has 0 unspecified atom stereocenters. The molecule has 0 spiro atoms. The third kappa shape index (κ3) is 4.49. The van der Waals surface area contributed by atoms with Crippen LogP contribution in [0.2, 0.25) is 0 Å². The monoisotopic (exact) mass is 383 g/mol. The fourth-order valence-corrected chi connectivity index (χ4v) is 4.97. The number of aryl methyl sites for hydroxylation is 1. The number of rotatable bonds is 7. The van der Waals surface area contributed by atoms with Crippen LogP contribution in [0.5, 0.6) is 0 Å². The minimum absolute atomic E-state index is 0.0679. The highest BCUT2D eigenvalue weighted by Gasteiger charge is 2.24. The summed E-state index contributed by atoms with van der Waals surface area (Å²) in [5, 5.41) is 2.24. The van der Waals surface area contributed by atoms with Gasteiger partial charge in [0, 0.05) is 30.8 Å². The molecule has 0 N–H and O–H groups in total. The molecule has 1 aliphatic rings. The van der Waals surface area contributed by atoms with Gasteiger partial charge in [0.1, 0.15) is 0 Å². The van der Waals surface area contributed by atoms with Gasteiger partial charge < -0.3 is 9.30 Å². The van der Waals surface area contributed by atoms with Crippen LogP contribution >= 0.6 is 11.3 Å². The zero-order valence-corrected chi connectivity index (χ0v) is 16.6. The van der Waals surface area contributed by atoms with Gasteiger partial charge in [0.15, 0.2) is 0 Å². The predicted molar refractivity (Wildman–Crippen MR) is 98.5 cm³/mol. The number of hydrogen-bond donors (Lipinski definition) is 0. The van der Waals surface area contributed by atoms with Crippen molar-refractivity contribution in [2.75, 3.05) is 19.9 Å². The maximum absolute atomic E-state index is 12.1. The number of thiophene rings is 1. The third-order valence-corrected chi connectivity index (χ3v) is 6.45. The van der Waals surface area contributed by atoms with E-state index in [1.807, 2.05) is 11.6 Å². The zero-order valence-electron chi connectivity index (χ0n) is 14.9. The van der Waals surface area contributed by atoms with Crippen LogP contribution in [0.25, 0.3) is 0 Å². The Balaban J connectivity index is 1.79. The topological polar surface area (TPSA) is 64.4 Å². The van der Waals surface area contributed by atoms with Gasteiger partial charge in [-0.3, -0.25) is 4.90 Å². The Bertz CT molecular complexity index is 820. The molecule has 1 aliphatic heterocycles. The summed E-state index contributed by atoms with van der Waals surface area (Å²) in [6.45, 7) is 4.89. The van der Waals surface area contributed by atoms with Crippen molar-refractivity contribution in [3.63, 3.8) is 0 Å². The molecular formula is C17H25N3O3S2. The normalized spacial score (nSPS) is 18.3. The average molecular weight is 384 g/mol. The Morgan fingerprint density at radius 1 is 1.44 bits per heavy atom. The highest BCUT2D eigenvalue weighted by atomic mass is 32.2. The number of sulfone groups is 1. The SMILES string of the molecule is Cc1ccsc1CN(C)Cc1cnc(S(C)(=O)=O)n1C[C@@H]1CCCO1. The molecule has 1 saturated heterocycles. The van der Waals surface area contributed by atoms with Gasteiger partial charge in [-0.2, -0.15) is 0 Å². The van der Waals surface area contributed by atoms with E-state index in [4.69, 9.17) is 4.74 Å². The molecule has 2 aromatic heterocycles. The molecule has 8 heteroatoms. The molecule has 0 radical (unpaired) electrons. The summed E-state index contributed by atoms with van der Waals surface area (Å²) in [5.74, 6) is 0. The van der Waals surface area contributed by atoms with E-state index in [0.717, 1.165) is 31.7 Å². The third-order valence-electron chi connectivity index (χ3n) is 4.46. The van der Waals surface area contributed by atoms with E-state index in [1.165, 1.54) is 16.7 Å². The van der Waals surface area contributed by atoms with E-state index < -0.39 is 9.84 Å². The van der Waals surface area contributed by atoms with Crippen molar-refractivity contribution in [1.82, 2.24) is 14.5 Å². The minimum Gasteiger partial charge on any atom is -0.376 e. The molecule has 2 aromatic rings. The van der Waals surface area contributed by atoms with Gasteiger partial charge in [0.25, 0.3) is 0 Å². The van der Waals surface area contributed by atoms with Crippen molar-refractivity contribution >= 4 is 21.2 Å². The molecule has 1 atom stereocenters. The number of nitrogens with zero attached hydrogens (tertiary/aromatic N) is 3. The van der Waals surface area contributed by atoms with Crippen molar-refractivity contribution in [2.45, 2.75) is 50.7 Å². The fraction of sp³-hybridized carbons (Fsp3) is 0.588. The van der Waals surface area contributed by atoms with Crippen LogP contribution in [-0.4, -0.2) is 48.9 Å². The summed E-state index contributed by atoms with van der Waals surface area (Å²) < 4.78 is 31.7.